The molecule has 2 aromatic rings. The minimum atomic E-state index is 0.471. The summed E-state index contributed by atoms with van der Waals surface area (Å²) in [5.41, 5.74) is 4.95. The van der Waals surface area contributed by atoms with Gasteiger partial charge >= 0.3 is 0 Å². The summed E-state index contributed by atoms with van der Waals surface area (Å²) in [5, 5.41) is 1.30. The number of nitrogens with zero attached hydrogens (tertiary/aromatic N) is 2. The molecule has 0 aliphatic rings. The van der Waals surface area contributed by atoms with Crippen LogP contribution in [0.2, 0.25) is 0 Å². The quantitative estimate of drug-likeness (QED) is 0.622. The van der Waals surface area contributed by atoms with Gasteiger partial charge in [0, 0.05) is 29.2 Å². The number of benzene rings is 1. The van der Waals surface area contributed by atoms with E-state index < -0.39 is 0 Å². The topological polar surface area (TPSA) is 9.29 Å². The summed E-state index contributed by atoms with van der Waals surface area (Å²) in [6.07, 6.45) is 0. The van der Waals surface area contributed by atoms with Crippen molar-refractivity contribution in [2.75, 3.05) is 0 Å². The molecule has 1 heterocycles. The molecule has 0 unspecified atom stereocenters. The van der Waals surface area contributed by atoms with E-state index in [1.165, 1.54) is 22.2 Å². The second-order valence-corrected chi connectivity index (χ2v) is 3.94. The first kappa shape index (κ1) is 9.79. The van der Waals surface area contributed by atoms with Gasteiger partial charge in [-0.15, -0.1) is 0 Å². The molecular weight excluding hydrogens is 184 g/mol. The molecule has 15 heavy (non-hydrogen) atoms. The first-order valence-corrected chi connectivity index (χ1v) is 5.03. The van der Waals surface area contributed by atoms with Crippen LogP contribution in [0.25, 0.3) is 15.7 Å². The second-order valence-electron chi connectivity index (χ2n) is 3.94. The molecule has 0 saturated heterocycles. The zero-order valence-corrected chi connectivity index (χ0v) is 9.33. The molecular formula is C13H14N2. The lowest BCUT2D eigenvalue weighted by molar-refractivity contribution is 0.909. The summed E-state index contributed by atoms with van der Waals surface area (Å²) in [6, 6.07) is 6.29. The number of hydrogen-bond donors (Lipinski definition) is 0. The van der Waals surface area contributed by atoms with Crippen LogP contribution in [0.1, 0.15) is 16.8 Å². The number of fused-ring (bicyclic) bond motifs is 1. The average Bonchev–Trinajstić information content (AvgIpc) is 2.45. The Hall–Kier alpha value is -1.75. The number of aromatic nitrogens is 1. The van der Waals surface area contributed by atoms with E-state index in [2.05, 4.69) is 42.4 Å². The fraction of sp³-hybridized carbons (Fsp3) is 0.308. The van der Waals surface area contributed by atoms with Gasteiger partial charge in [0.15, 0.2) is 0 Å². The Morgan fingerprint density at radius 1 is 1.33 bits per heavy atom. The maximum Gasteiger partial charge on any atom is 0.239 e. The van der Waals surface area contributed by atoms with Gasteiger partial charge in [-0.25, -0.2) is 6.57 Å². The molecule has 76 valence electrons. The Morgan fingerprint density at radius 3 is 2.73 bits per heavy atom. The van der Waals surface area contributed by atoms with Gasteiger partial charge in [-0.2, -0.15) is 0 Å². The van der Waals surface area contributed by atoms with Crippen molar-refractivity contribution in [2.24, 2.45) is 7.05 Å². The molecule has 0 bridgehead atoms. The molecule has 2 heteroatoms. The van der Waals surface area contributed by atoms with Gasteiger partial charge < -0.3 is 9.41 Å². The Bertz CT molecular complexity index is 556. The Balaban J connectivity index is 2.72. The van der Waals surface area contributed by atoms with Gasteiger partial charge in [-0.05, 0) is 25.5 Å². The van der Waals surface area contributed by atoms with E-state index in [0.29, 0.717) is 6.54 Å². The standard InChI is InChI=1S/C13H14N2/c1-9-10(2)15(4)13-7-11(8-14-3)5-6-12(9)13/h5-7H,8H2,1-2,4H3. The summed E-state index contributed by atoms with van der Waals surface area (Å²) in [7, 11) is 2.08. The Morgan fingerprint density at radius 2 is 2.07 bits per heavy atom. The molecule has 0 fully saturated rings. The van der Waals surface area contributed by atoms with Crippen LogP contribution in [0.5, 0.6) is 0 Å². The summed E-state index contributed by atoms with van der Waals surface area (Å²) in [5.74, 6) is 0. The SMILES string of the molecule is [C-]#[N+]Cc1ccc2c(C)c(C)n(C)c2c1. The predicted octanol–water partition coefficient (Wildman–Crippen LogP) is 3.21. The van der Waals surface area contributed by atoms with Crippen molar-refractivity contribution < 1.29 is 0 Å². The highest BCUT2D eigenvalue weighted by Gasteiger charge is 2.08. The highest BCUT2D eigenvalue weighted by molar-refractivity contribution is 5.85. The van der Waals surface area contributed by atoms with Crippen molar-refractivity contribution in [3.8, 4) is 0 Å². The molecule has 0 amide bonds. The maximum absolute atomic E-state index is 6.87. The van der Waals surface area contributed by atoms with Gasteiger partial charge in [-0.1, -0.05) is 12.1 Å². The number of aryl methyl sites for hydroxylation is 2. The monoisotopic (exact) mass is 198 g/mol. The lowest BCUT2D eigenvalue weighted by atomic mass is 10.1. The van der Waals surface area contributed by atoms with Crippen molar-refractivity contribution in [1.82, 2.24) is 4.57 Å². The average molecular weight is 198 g/mol. The van der Waals surface area contributed by atoms with Crippen LogP contribution < -0.4 is 0 Å². The second kappa shape index (κ2) is 3.43. The molecule has 0 aliphatic heterocycles. The van der Waals surface area contributed by atoms with E-state index in [9.17, 15) is 0 Å². The molecule has 2 rings (SSSR count). The van der Waals surface area contributed by atoms with Crippen LogP contribution in [-0.4, -0.2) is 4.57 Å². The highest BCUT2D eigenvalue weighted by atomic mass is 14.9. The summed E-state index contributed by atoms with van der Waals surface area (Å²) < 4.78 is 2.19. The molecule has 0 saturated carbocycles. The van der Waals surface area contributed by atoms with Crippen molar-refractivity contribution in [1.29, 1.82) is 0 Å². The van der Waals surface area contributed by atoms with E-state index >= 15 is 0 Å². The van der Waals surface area contributed by atoms with Crippen LogP contribution in [0.15, 0.2) is 18.2 Å². The van der Waals surface area contributed by atoms with Crippen molar-refractivity contribution in [3.05, 3.63) is 46.4 Å². The van der Waals surface area contributed by atoms with Gasteiger partial charge in [0.1, 0.15) is 0 Å². The number of rotatable bonds is 1. The minimum Gasteiger partial charge on any atom is -0.348 e. The summed E-state index contributed by atoms with van der Waals surface area (Å²) in [6.45, 7) is 11.6. The van der Waals surface area contributed by atoms with Gasteiger partial charge in [0.05, 0.1) is 0 Å². The van der Waals surface area contributed by atoms with Crippen LogP contribution in [0.4, 0.5) is 0 Å². The Kier molecular flexibility index (Phi) is 2.24. The zero-order chi connectivity index (χ0) is 11.0. The van der Waals surface area contributed by atoms with Gasteiger partial charge in [-0.3, -0.25) is 0 Å². The predicted molar refractivity (Wildman–Crippen MR) is 62.7 cm³/mol. The summed E-state index contributed by atoms with van der Waals surface area (Å²) in [4.78, 5) is 3.41. The first-order valence-electron chi connectivity index (χ1n) is 5.03. The maximum atomic E-state index is 6.87. The molecule has 0 atom stereocenters. The number of hydrogen-bond acceptors (Lipinski definition) is 0. The first-order chi connectivity index (χ1) is 7.15. The summed E-state index contributed by atoms with van der Waals surface area (Å²) >= 11 is 0. The van der Waals surface area contributed by atoms with E-state index in [1.807, 2.05) is 6.07 Å². The minimum absolute atomic E-state index is 0.471. The lowest BCUT2D eigenvalue weighted by Gasteiger charge is -1.99. The normalized spacial score (nSPS) is 10.5. The Labute approximate surface area is 90.0 Å². The third-order valence-corrected chi connectivity index (χ3v) is 3.13. The molecule has 0 N–H and O–H groups in total. The van der Waals surface area contributed by atoms with Crippen molar-refractivity contribution in [3.63, 3.8) is 0 Å². The fourth-order valence-electron chi connectivity index (χ4n) is 1.99. The fourth-order valence-corrected chi connectivity index (χ4v) is 1.99. The third kappa shape index (κ3) is 1.41. The van der Waals surface area contributed by atoms with Crippen molar-refractivity contribution in [2.45, 2.75) is 20.4 Å². The van der Waals surface area contributed by atoms with E-state index in [4.69, 9.17) is 6.57 Å². The van der Waals surface area contributed by atoms with Gasteiger partial charge in [0.2, 0.25) is 6.54 Å². The molecule has 0 aliphatic carbocycles. The van der Waals surface area contributed by atoms with Crippen LogP contribution >= 0.6 is 0 Å². The van der Waals surface area contributed by atoms with E-state index in [1.54, 1.807) is 0 Å². The van der Waals surface area contributed by atoms with Gasteiger partial charge in [0.25, 0.3) is 0 Å². The molecule has 1 aromatic carbocycles. The van der Waals surface area contributed by atoms with E-state index in [-0.39, 0.29) is 0 Å². The largest absolute Gasteiger partial charge is 0.348 e. The highest BCUT2D eigenvalue weighted by Crippen LogP contribution is 2.25. The smallest absolute Gasteiger partial charge is 0.239 e. The third-order valence-electron chi connectivity index (χ3n) is 3.13. The molecule has 0 radical (unpaired) electrons. The lowest BCUT2D eigenvalue weighted by Crippen LogP contribution is -1.90. The van der Waals surface area contributed by atoms with E-state index in [0.717, 1.165) is 5.56 Å². The van der Waals surface area contributed by atoms with Crippen LogP contribution in [0, 0.1) is 20.4 Å². The van der Waals surface area contributed by atoms with Crippen LogP contribution in [0.3, 0.4) is 0 Å². The van der Waals surface area contributed by atoms with Crippen molar-refractivity contribution >= 4 is 10.9 Å². The molecule has 1 aromatic heterocycles. The molecule has 0 spiro atoms. The zero-order valence-electron chi connectivity index (χ0n) is 9.33. The van der Waals surface area contributed by atoms with Crippen LogP contribution in [-0.2, 0) is 13.6 Å². The molecule has 2 nitrogen and oxygen atoms in total.